The van der Waals surface area contributed by atoms with Gasteiger partial charge in [-0.2, -0.15) is 0 Å². The van der Waals surface area contributed by atoms with Crippen LogP contribution in [-0.2, 0) is 48.1 Å². The Morgan fingerprint density at radius 2 is 1.52 bits per heavy atom. The molecule has 0 radical (unpaired) electrons. The van der Waals surface area contributed by atoms with E-state index in [1.54, 1.807) is 41.5 Å². The van der Waals surface area contributed by atoms with Gasteiger partial charge in [-0.05, 0) is 108 Å². The Kier molecular flexibility index (Phi) is 24.1. The van der Waals surface area contributed by atoms with Gasteiger partial charge in [-0.3, -0.25) is 4.79 Å². The van der Waals surface area contributed by atoms with Gasteiger partial charge >= 0.3 is 5.97 Å². The molecule has 0 saturated carbocycles. The highest BCUT2D eigenvalue weighted by atomic mass is 32.2. The molecule has 0 unspecified atom stereocenters. The van der Waals surface area contributed by atoms with Crippen molar-refractivity contribution in [2.45, 2.75) is 205 Å². The van der Waals surface area contributed by atoms with Gasteiger partial charge in [0.1, 0.15) is 35.6 Å². The summed E-state index contributed by atoms with van der Waals surface area (Å²) in [6.45, 7) is 25.2. The molecule has 3 aliphatic heterocycles. The molecular weight excluding hydrogens is 943 g/mol. The Morgan fingerprint density at radius 3 is 2.08 bits per heavy atom. The fourth-order valence-electron chi connectivity index (χ4n) is 11.0. The number of likely N-dealkylation sites (N-methyl/N-ethyl adjacent to an activating group) is 3. The maximum absolute atomic E-state index is 14.7. The quantitative estimate of drug-likeness (QED) is 0.0549. The number of cyclic esters (lactones) is 1. The van der Waals surface area contributed by atoms with Gasteiger partial charge in [0.05, 0.1) is 54.0 Å². The van der Waals surface area contributed by atoms with Crippen molar-refractivity contribution >= 4 is 21.7 Å². The number of unbranched alkanes of at least 4 members (excludes halogenated alkanes) is 1. The Morgan fingerprint density at radius 1 is 0.887 bits per heavy atom. The zero-order valence-electron chi connectivity index (χ0n) is 46.3. The second kappa shape index (κ2) is 26.9. The Bertz CT molecular complexity index is 1780. The van der Waals surface area contributed by atoms with Crippen molar-refractivity contribution in [2.75, 3.05) is 80.4 Å². The fraction of sp³-hybridized carbons (Fsp3) is 0.960. The van der Waals surface area contributed by atoms with Gasteiger partial charge in [-0.15, -0.1) is 0 Å². The third-order valence-corrected chi connectivity index (χ3v) is 16.5. The standard InChI is InChI=1S/C50H97N5O15S/c1-18-38-49(12,60)43(57)33(6)40(52-65-26-22-21-23-51-71(17,62)63)31(4)28-47(10,59)44(70-46-41(56)37(53(13)14)27-32(5)66-46)34(7)42(35(8)45(58)68-38)69-39-29-48(11,64-16)50(61,36(9)67-39)30-54(15)24-25-55(19-2)20-3/h31-39,41-44,46,51,56-57,59-61H,18-30H2,1-17H3/b52-40+/t31-,32-,33+,34+,35-,36+,37+,38-,39+,41-,42+,43-,44-,46+,47+,48-,49-,50-/m1/s1. The van der Waals surface area contributed by atoms with E-state index in [1.165, 1.54) is 14.0 Å². The van der Waals surface area contributed by atoms with Gasteiger partial charge in [-0.1, -0.05) is 46.7 Å². The molecule has 0 amide bonds. The Balaban J connectivity index is 2.19. The van der Waals surface area contributed by atoms with Crippen LogP contribution < -0.4 is 4.72 Å². The molecule has 0 aromatic rings. The summed E-state index contributed by atoms with van der Waals surface area (Å²) in [5, 5.41) is 66.1. The second-order valence-corrected chi connectivity index (χ2v) is 23.7. The van der Waals surface area contributed by atoms with Crippen molar-refractivity contribution in [3.05, 3.63) is 0 Å². The summed E-state index contributed by atoms with van der Waals surface area (Å²) in [6, 6.07) is -0.361. The molecule has 3 saturated heterocycles. The zero-order valence-corrected chi connectivity index (χ0v) is 47.1. The number of aliphatic hydroxyl groups is 5. The average Bonchev–Trinajstić information content (AvgIpc) is 3.28. The first-order valence-electron chi connectivity index (χ1n) is 26.0. The van der Waals surface area contributed by atoms with E-state index in [0.29, 0.717) is 31.5 Å². The molecule has 3 rings (SSSR count). The minimum Gasteiger partial charge on any atom is -0.459 e. The fourth-order valence-corrected chi connectivity index (χ4v) is 11.5. The minimum atomic E-state index is -3.37. The number of oxime groups is 1. The van der Waals surface area contributed by atoms with E-state index in [9.17, 15) is 38.7 Å². The number of sulfonamides is 1. The molecule has 3 fully saturated rings. The van der Waals surface area contributed by atoms with Crippen LogP contribution >= 0.6 is 0 Å². The largest absolute Gasteiger partial charge is 0.459 e. The molecule has 0 aromatic carbocycles. The van der Waals surface area contributed by atoms with Crippen LogP contribution in [0.1, 0.15) is 122 Å². The summed E-state index contributed by atoms with van der Waals surface area (Å²) in [7, 11) is 3.84. The van der Waals surface area contributed by atoms with E-state index >= 15 is 0 Å². The van der Waals surface area contributed by atoms with Crippen LogP contribution in [0.15, 0.2) is 5.16 Å². The molecule has 0 bridgehead atoms. The maximum atomic E-state index is 14.7. The van der Waals surface area contributed by atoms with Gasteiger partial charge < -0.3 is 73.5 Å². The SMILES string of the molecule is CC[C@H]1OC(=O)[C@H](C)[C@@H](O[C@H]2C[C@@](C)(OC)[C@@](O)(CN(C)CCN(CC)CC)[C@H](C)O2)[C@H](C)[C@@H](O[C@@H]2O[C@H](C)C[C@H](N(C)C)[C@H]2O)[C@@](C)(O)C[C@@H](C)/C(=N\OCCCCNS(C)(=O)=O)[C@H](C)[C@@H](O)[C@]1(C)O. The van der Waals surface area contributed by atoms with Crippen LogP contribution in [0.3, 0.4) is 0 Å². The molecule has 3 aliphatic rings. The van der Waals surface area contributed by atoms with Gasteiger partial charge in [0.15, 0.2) is 12.6 Å². The number of carbonyl (C=O) groups excluding carboxylic acids is 1. The predicted molar refractivity (Wildman–Crippen MR) is 271 cm³/mol. The number of methoxy groups -OCH3 is 1. The first-order valence-corrected chi connectivity index (χ1v) is 27.9. The number of esters is 1. The number of ether oxygens (including phenoxy) is 6. The van der Waals surface area contributed by atoms with Gasteiger partial charge in [0, 0.05) is 63.5 Å². The number of nitrogens with zero attached hydrogens (tertiary/aromatic N) is 4. The molecule has 418 valence electrons. The van der Waals surface area contributed by atoms with E-state index in [0.717, 1.165) is 25.9 Å². The number of hydrogen-bond acceptors (Lipinski definition) is 19. The lowest BCUT2D eigenvalue weighted by Crippen LogP contribution is -2.70. The monoisotopic (exact) mass is 1040 g/mol. The van der Waals surface area contributed by atoms with E-state index in [-0.39, 0.29) is 51.1 Å². The smallest absolute Gasteiger partial charge is 0.311 e. The molecule has 3 heterocycles. The molecule has 0 aliphatic carbocycles. The predicted octanol–water partition coefficient (Wildman–Crippen LogP) is 2.56. The van der Waals surface area contributed by atoms with Crippen LogP contribution in [-0.4, -0.2) is 224 Å². The lowest BCUT2D eigenvalue weighted by molar-refractivity contribution is -0.339. The van der Waals surface area contributed by atoms with Crippen LogP contribution in [0.4, 0.5) is 0 Å². The minimum absolute atomic E-state index is 0.0368. The highest BCUT2D eigenvalue weighted by molar-refractivity contribution is 7.88. The summed E-state index contributed by atoms with van der Waals surface area (Å²) in [5.74, 6) is -4.34. The molecule has 71 heavy (non-hydrogen) atoms. The van der Waals surface area contributed by atoms with E-state index < -0.39 is 111 Å². The third kappa shape index (κ3) is 16.4. The molecule has 0 spiro atoms. The number of carbonyl (C=O) groups is 1. The summed E-state index contributed by atoms with van der Waals surface area (Å²) in [5.41, 5.74) is -6.26. The summed E-state index contributed by atoms with van der Waals surface area (Å²) in [4.78, 5) is 26.8. The first-order chi connectivity index (χ1) is 32.8. The van der Waals surface area contributed by atoms with Crippen molar-refractivity contribution in [2.24, 2.45) is 28.8 Å². The number of rotatable bonds is 21. The average molecular weight is 1040 g/mol. The molecule has 6 N–H and O–H groups in total. The number of nitrogens with one attached hydrogen (secondary N) is 1. The highest BCUT2D eigenvalue weighted by Gasteiger charge is 2.59. The van der Waals surface area contributed by atoms with Crippen molar-refractivity contribution in [3.8, 4) is 0 Å². The van der Waals surface area contributed by atoms with Crippen molar-refractivity contribution < 1.29 is 72.0 Å². The molecular formula is C50H97N5O15S. The van der Waals surface area contributed by atoms with Crippen LogP contribution in [0, 0.1) is 23.7 Å². The van der Waals surface area contributed by atoms with Gasteiger partial charge in [0.2, 0.25) is 10.0 Å². The molecule has 20 nitrogen and oxygen atoms in total. The number of aliphatic hydroxyl groups excluding tert-OH is 2. The second-order valence-electron chi connectivity index (χ2n) is 21.9. The lowest BCUT2D eigenvalue weighted by atomic mass is 9.73. The van der Waals surface area contributed by atoms with Gasteiger partial charge in [-0.25, -0.2) is 13.1 Å². The topological polar surface area (TPSA) is 251 Å². The van der Waals surface area contributed by atoms with Crippen LogP contribution in [0.2, 0.25) is 0 Å². The van der Waals surface area contributed by atoms with E-state index in [2.05, 4.69) is 33.5 Å². The lowest BCUT2D eigenvalue weighted by Gasteiger charge is -2.54. The van der Waals surface area contributed by atoms with E-state index in [1.807, 2.05) is 46.8 Å². The normalized spacial score (nSPS) is 41.1. The molecule has 0 aromatic heterocycles. The Hall–Kier alpha value is -1.67. The van der Waals surface area contributed by atoms with Crippen LogP contribution in [0.5, 0.6) is 0 Å². The van der Waals surface area contributed by atoms with Crippen molar-refractivity contribution in [1.29, 1.82) is 0 Å². The van der Waals surface area contributed by atoms with Crippen LogP contribution in [0.25, 0.3) is 0 Å². The third-order valence-electron chi connectivity index (χ3n) is 15.7. The van der Waals surface area contributed by atoms with Crippen molar-refractivity contribution in [1.82, 2.24) is 19.4 Å². The first kappa shape index (κ1) is 63.6. The summed E-state index contributed by atoms with van der Waals surface area (Å²) < 4.78 is 64.7. The zero-order chi connectivity index (χ0) is 54.0. The van der Waals surface area contributed by atoms with Gasteiger partial charge in [0.25, 0.3) is 0 Å². The highest BCUT2D eigenvalue weighted by Crippen LogP contribution is 2.44. The number of hydrogen-bond donors (Lipinski definition) is 6. The molecule has 18 atom stereocenters. The van der Waals surface area contributed by atoms with E-state index in [4.69, 9.17) is 33.3 Å². The maximum Gasteiger partial charge on any atom is 0.311 e. The molecule has 21 heteroatoms. The summed E-state index contributed by atoms with van der Waals surface area (Å²) >= 11 is 0. The Labute approximate surface area is 426 Å². The summed E-state index contributed by atoms with van der Waals surface area (Å²) in [6.07, 6.45) is -7.18. The van der Waals surface area contributed by atoms with Crippen molar-refractivity contribution in [3.63, 3.8) is 0 Å².